The molecule has 7 nitrogen and oxygen atoms in total. The zero-order valence-corrected chi connectivity index (χ0v) is 14.6. The van der Waals surface area contributed by atoms with Crippen LogP contribution in [0.25, 0.3) is 10.9 Å². The van der Waals surface area contributed by atoms with Crippen molar-refractivity contribution in [3.05, 3.63) is 54.4 Å². The molecule has 0 unspecified atom stereocenters. The Morgan fingerprint density at radius 2 is 2.04 bits per heavy atom. The van der Waals surface area contributed by atoms with Crippen molar-refractivity contribution in [2.24, 2.45) is 0 Å². The molecule has 134 valence electrons. The van der Waals surface area contributed by atoms with Gasteiger partial charge in [-0.1, -0.05) is 18.2 Å². The Hall–Kier alpha value is -3.35. The van der Waals surface area contributed by atoms with Gasteiger partial charge in [0, 0.05) is 36.5 Å². The summed E-state index contributed by atoms with van der Waals surface area (Å²) in [5.74, 6) is -0.115. The summed E-state index contributed by atoms with van der Waals surface area (Å²) in [5, 5.41) is 6.52. The number of methoxy groups -OCH3 is 1. The number of carbonyl (C=O) groups is 2. The zero-order chi connectivity index (χ0) is 18.5. The van der Waals surface area contributed by atoms with Crippen LogP contribution in [0.5, 0.6) is 5.88 Å². The lowest BCUT2D eigenvalue weighted by Gasteiger charge is -2.17. The molecule has 1 aromatic carbocycles. The first-order chi connectivity index (χ1) is 12.6. The maximum atomic E-state index is 12.7. The lowest BCUT2D eigenvalue weighted by Crippen LogP contribution is -2.44. The van der Waals surface area contributed by atoms with E-state index in [1.165, 1.54) is 20.2 Å². The SMILES string of the molecule is COc1ccc(NC(=O)[C@H](Cc2c[nH]c3ccccc23)NC(C)=O)cn1. The van der Waals surface area contributed by atoms with E-state index < -0.39 is 6.04 Å². The average molecular weight is 352 g/mol. The summed E-state index contributed by atoms with van der Waals surface area (Å²) in [6.07, 6.45) is 3.74. The van der Waals surface area contributed by atoms with Crippen molar-refractivity contribution in [1.82, 2.24) is 15.3 Å². The van der Waals surface area contributed by atoms with E-state index >= 15 is 0 Å². The Kier molecular flexibility index (Phi) is 5.17. The van der Waals surface area contributed by atoms with E-state index in [9.17, 15) is 9.59 Å². The Bertz CT molecular complexity index is 918. The molecule has 3 aromatic rings. The third-order valence-corrected chi connectivity index (χ3v) is 4.01. The number of nitrogens with zero attached hydrogens (tertiary/aromatic N) is 1. The number of pyridine rings is 1. The number of nitrogens with one attached hydrogen (secondary N) is 3. The van der Waals surface area contributed by atoms with E-state index in [0.29, 0.717) is 18.0 Å². The molecule has 3 N–H and O–H groups in total. The molecule has 0 saturated heterocycles. The maximum absolute atomic E-state index is 12.7. The topological polar surface area (TPSA) is 96.1 Å². The van der Waals surface area contributed by atoms with E-state index in [-0.39, 0.29) is 11.8 Å². The van der Waals surface area contributed by atoms with Crippen molar-refractivity contribution in [2.75, 3.05) is 12.4 Å². The number of hydrogen-bond acceptors (Lipinski definition) is 4. The fourth-order valence-electron chi connectivity index (χ4n) is 2.78. The highest BCUT2D eigenvalue weighted by Gasteiger charge is 2.21. The van der Waals surface area contributed by atoms with Gasteiger partial charge < -0.3 is 20.4 Å². The van der Waals surface area contributed by atoms with Crippen LogP contribution in [-0.4, -0.2) is 34.9 Å². The first kappa shape index (κ1) is 17.5. The van der Waals surface area contributed by atoms with Gasteiger partial charge in [0.2, 0.25) is 17.7 Å². The van der Waals surface area contributed by atoms with E-state index in [1.807, 2.05) is 30.5 Å². The number of aromatic nitrogens is 2. The molecular weight excluding hydrogens is 332 g/mol. The molecule has 1 atom stereocenters. The van der Waals surface area contributed by atoms with E-state index in [1.54, 1.807) is 12.1 Å². The number of ether oxygens (including phenoxy) is 1. The summed E-state index contributed by atoms with van der Waals surface area (Å²) in [6.45, 7) is 1.39. The number of anilines is 1. The highest BCUT2D eigenvalue weighted by molar-refractivity contribution is 5.97. The van der Waals surface area contributed by atoms with Gasteiger partial charge in [0.1, 0.15) is 6.04 Å². The van der Waals surface area contributed by atoms with Gasteiger partial charge in [0.05, 0.1) is 19.0 Å². The summed E-state index contributed by atoms with van der Waals surface area (Å²) in [4.78, 5) is 31.5. The minimum absolute atomic E-state index is 0.266. The first-order valence-electron chi connectivity index (χ1n) is 8.20. The number of para-hydroxylation sites is 1. The fourth-order valence-corrected chi connectivity index (χ4v) is 2.78. The molecular formula is C19H20N4O3. The largest absolute Gasteiger partial charge is 0.481 e. The smallest absolute Gasteiger partial charge is 0.247 e. The van der Waals surface area contributed by atoms with Crippen LogP contribution in [-0.2, 0) is 16.0 Å². The molecule has 2 heterocycles. The summed E-state index contributed by atoms with van der Waals surface area (Å²) in [7, 11) is 1.52. The molecule has 0 bridgehead atoms. The number of rotatable bonds is 6. The third kappa shape index (κ3) is 4.00. The van der Waals surface area contributed by atoms with Gasteiger partial charge in [-0.25, -0.2) is 4.98 Å². The standard InChI is InChI=1S/C19H20N4O3/c1-12(24)22-17(9-13-10-20-16-6-4-3-5-15(13)16)19(25)23-14-7-8-18(26-2)21-11-14/h3-8,10-11,17,20H,9H2,1-2H3,(H,22,24)(H,23,25)/t17-/m0/s1. The Labute approximate surface area is 150 Å². The first-order valence-corrected chi connectivity index (χ1v) is 8.20. The number of amides is 2. The monoisotopic (exact) mass is 352 g/mol. The van der Waals surface area contributed by atoms with Crippen molar-refractivity contribution >= 4 is 28.4 Å². The minimum atomic E-state index is -0.700. The molecule has 2 aromatic heterocycles. The summed E-state index contributed by atoms with van der Waals surface area (Å²) >= 11 is 0. The van der Waals surface area contributed by atoms with Crippen molar-refractivity contribution in [1.29, 1.82) is 0 Å². The number of hydrogen-bond donors (Lipinski definition) is 3. The van der Waals surface area contributed by atoms with Crippen LogP contribution in [0.3, 0.4) is 0 Å². The predicted octanol–water partition coefficient (Wildman–Crippen LogP) is 2.26. The second kappa shape index (κ2) is 7.69. The summed E-state index contributed by atoms with van der Waals surface area (Å²) in [5.41, 5.74) is 2.48. The van der Waals surface area contributed by atoms with Gasteiger partial charge in [-0.15, -0.1) is 0 Å². The normalized spacial score (nSPS) is 11.8. The highest BCUT2D eigenvalue weighted by atomic mass is 16.5. The van der Waals surface area contributed by atoms with Crippen LogP contribution in [0.1, 0.15) is 12.5 Å². The molecule has 0 fully saturated rings. The molecule has 2 amide bonds. The number of aromatic amines is 1. The quantitative estimate of drug-likeness (QED) is 0.634. The molecule has 0 radical (unpaired) electrons. The van der Waals surface area contributed by atoms with E-state index in [2.05, 4.69) is 20.6 Å². The Balaban J connectivity index is 1.78. The lowest BCUT2D eigenvalue weighted by atomic mass is 10.0. The molecule has 0 aliphatic carbocycles. The van der Waals surface area contributed by atoms with Gasteiger partial charge in [-0.05, 0) is 17.7 Å². The van der Waals surface area contributed by atoms with Gasteiger partial charge in [0.15, 0.2) is 0 Å². The van der Waals surface area contributed by atoms with Crippen LogP contribution >= 0.6 is 0 Å². The molecule has 0 aliphatic rings. The second-order valence-corrected chi connectivity index (χ2v) is 5.90. The average Bonchev–Trinajstić information content (AvgIpc) is 3.04. The van der Waals surface area contributed by atoms with Crippen molar-refractivity contribution in [3.63, 3.8) is 0 Å². The fraction of sp³-hybridized carbons (Fsp3) is 0.211. The number of H-pyrrole nitrogens is 1. The van der Waals surface area contributed by atoms with Gasteiger partial charge in [0.25, 0.3) is 0 Å². The van der Waals surface area contributed by atoms with Crippen molar-refractivity contribution < 1.29 is 14.3 Å². The molecule has 0 spiro atoms. The third-order valence-electron chi connectivity index (χ3n) is 4.01. The van der Waals surface area contributed by atoms with E-state index in [0.717, 1.165) is 16.5 Å². The molecule has 0 aliphatic heterocycles. The minimum Gasteiger partial charge on any atom is -0.481 e. The summed E-state index contributed by atoms with van der Waals surface area (Å²) in [6, 6.07) is 10.5. The van der Waals surface area contributed by atoms with Gasteiger partial charge >= 0.3 is 0 Å². The maximum Gasteiger partial charge on any atom is 0.247 e. The summed E-state index contributed by atoms with van der Waals surface area (Å²) < 4.78 is 5.00. The number of carbonyl (C=O) groups excluding carboxylic acids is 2. The van der Waals surface area contributed by atoms with Crippen LogP contribution in [0.2, 0.25) is 0 Å². The Morgan fingerprint density at radius 1 is 1.23 bits per heavy atom. The zero-order valence-electron chi connectivity index (χ0n) is 14.6. The number of benzene rings is 1. The second-order valence-electron chi connectivity index (χ2n) is 5.90. The Morgan fingerprint density at radius 3 is 2.73 bits per heavy atom. The highest BCUT2D eigenvalue weighted by Crippen LogP contribution is 2.20. The molecule has 7 heteroatoms. The van der Waals surface area contributed by atoms with Crippen LogP contribution in [0, 0.1) is 0 Å². The lowest BCUT2D eigenvalue weighted by molar-refractivity contribution is -0.125. The van der Waals surface area contributed by atoms with Crippen molar-refractivity contribution in [2.45, 2.75) is 19.4 Å². The number of fused-ring (bicyclic) bond motifs is 1. The van der Waals surface area contributed by atoms with Crippen LogP contribution < -0.4 is 15.4 Å². The molecule has 26 heavy (non-hydrogen) atoms. The van der Waals surface area contributed by atoms with E-state index in [4.69, 9.17) is 4.74 Å². The van der Waals surface area contributed by atoms with Gasteiger partial charge in [-0.3, -0.25) is 9.59 Å². The van der Waals surface area contributed by atoms with Crippen molar-refractivity contribution in [3.8, 4) is 5.88 Å². The van der Waals surface area contributed by atoms with Gasteiger partial charge in [-0.2, -0.15) is 0 Å². The predicted molar refractivity (Wildman–Crippen MR) is 99.0 cm³/mol. The van der Waals surface area contributed by atoms with Crippen LogP contribution in [0.4, 0.5) is 5.69 Å². The molecule has 0 saturated carbocycles. The molecule has 3 rings (SSSR count). The van der Waals surface area contributed by atoms with Crippen LogP contribution in [0.15, 0.2) is 48.8 Å².